The summed E-state index contributed by atoms with van der Waals surface area (Å²) in [6.45, 7) is 0.519. The summed E-state index contributed by atoms with van der Waals surface area (Å²) in [6.07, 6.45) is 2.02. The Morgan fingerprint density at radius 3 is 2.52 bits per heavy atom. The molecule has 0 saturated carbocycles. The molecule has 0 aliphatic rings. The number of nitrogens with zero attached hydrogens (tertiary/aromatic N) is 2. The third-order valence-electron chi connectivity index (χ3n) is 3.97. The molecule has 29 heavy (non-hydrogen) atoms. The molecule has 0 bridgehead atoms. The Labute approximate surface area is 167 Å². The van der Waals surface area contributed by atoms with Gasteiger partial charge in [0.2, 0.25) is 0 Å². The molecule has 2 aromatic carbocycles. The maximum absolute atomic E-state index is 12.3. The third-order valence-corrected chi connectivity index (χ3v) is 3.97. The fourth-order valence-electron chi connectivity index (χ4n) is 2.42. The lowest BCUT2D eigenvalue weighted by Gasteiger charge is -2.09. The van der Waals surface area contributed by atoms with Crippen molar-refractivity contribution < 1.29 is 19.2 Å². The molecular weight excluding hydrogens is 376 g/mol. The number of non-ortho nitro benzene ring substituents is 1. The number of anilines is 1. The van der Waals surface area contributed by atoms with Gasteiger partial charge in [0, 0.05) is 18.8 Å². The molecule has 9 nitrogen and oxygen atoms in total. The van der Waals surface area contributed by atoms with Crippen molar-refractivity contribution in [2.75, 3.05) is 26.1 Å². The SMILES string of the molecule is COc1ccc(CCN/C=C(/C#N)C(=O)Nc2ccc([N+](=O)[O-])cc2OC)cc1. The van der Waals surface area contributed by atoms with E-state index in [1.165, 1.54) is 31.5 Å². The molecule has 0 fully saturated rings. The molecule has 2 aromatic rings. The first-order chi connectivity index (χ1) is 14.0. The zero-order chi connectivity index (χ0) is 21.2. The van der Waals surface area contributed by atoms with Gasteiger partial charge in [0.05, 0.1) is 30.9 Å². The molecule has 1 amide bonds. The van der Waals surface area contributed by atoms with Crippen LogP contribution in [0.5, 0.6) is 11.5 Å². The fraction of sp³-hybridized carbons (Fsp3) is 0.200. The van der Waals surface area contributed by atoms with Gasteiger partial charge in [0.15, 0.2) is 0 Å². The summed E-state index contributed by atoms with van der Waals surface area (Å²) in [7, 11) is 2.93. The first kappa shape index (κ1) is 21.2. The maximum atomic E-state index is 12.3. The highest BCUT2D eigenvalue weighted by Crippen LogP contribution is 2.29. The highest BCUT2D eigenvalue weighted by molar-refractivity contribution is 6.07. The minimum atomic E-state index is -0.656. The van der Waals surface area contributed by atoms with Gasteiger partial charge in [-0.3, -0.25) is 14.9 Å². The molecule has 0 aliphatic heterocycles. The minimum Gasteiger partial charge on any atom is -0.497 e. The first-order valence-electron chi connectivity index (χ1n) is 8.59. The van der Waals surface area contributed by atoms with Crippen LogP contribution in [0.25, 0.3) is 0 Å². The van der Waals surface area contributed by atoms with Crippen molar-refractivity contribution in [1.82, 2.24) is 5.32 Å². The van der Waals surface area contributed by atoms with Crippen LogP contribution in [-0.4, -0.2) is 31.6 Å². The van der Waals surface area contributed by atoms with Crippen LogP contribution in [0.1, 0.15) is 5.56 Å². The second-order valence-electron chi connectivity index (χ2n) is 5.82. The summed E-state index contributed by atoms with van der Waals surface area (Å²) in [6, 6.07) is 13.2. The van der Waals surface area contributed by atoms with Gasteiger partial charge >= 0.3 is 0 Å². The van der Waals surface area contributed by atoms with Crippen molar-refractivity contribution in [2.24, 2.45) is 0 Å². The second-order valence-corrected chi connectivity index (χ2v) is 5.82. The number of carbonyl (C=O) groups excluding carboxylic acids is 1. The summed E-state index contributed by atoms with van der Waals surface area (Å²) < 4.78 is 10.2. The number of methoxy groups -OCH3 is 2. The van der Waals surface area contributed by atoms with Crippen LogP contribution in [0, 0.1) is 21.4 Å². The molecule has 150 valence electrons. The lowest BCUT2D eigenvalue weighted by molar-refractivity contribution is -0.384. The van der Waals surface area contributed by atoms with E-state index in [1.807, 2.05) is 30.3 Å². The Bertz CT molecular complexity index is 948. The van der Waals surface area contributed by atoms with E-state index < -0.39 is 10.8 Å². The Morgan fingerprint density at radius 1 is 1.21 bits per heavy atom. The van der Waals surface area contributed by atoms with E-state index in [0.717, 1.165) is 11.3 Å². The van der Waals surface area contributed by atoms with Crippen LogP contribution in [0.2, 0.25) is 0 Å². The van der Waals surface area contributed by atoms with Gasteiger partial charge in [-0.25, -0.2) is 0 Å². The van der Waals surface area contributed by atoms with Crippen LogP contribution in [-0.2, 0) is 11.2 Å². The van der Waals surface area contributed by atoms with E-state index in [9.17, 15) is 20.2 Å². The van der Waals surface area contributed by atoms with E-state index in [0.29, 0.717) is 13.0 Å². The average molecular weight is 396 g/mol. The van der Waals surface area contributed by atoms with Crippen molar-refractivity contribution >= 4 is 17.3 Å². The van der Waals surface area contributed by atoms with E-state index in [2.05, 4.69) is 10.6 Å². The number of hydrogen-bond acceptors (Lipinski definition) is 7. The standard InChI is InChI=1S/C20H20N4O5/c1-28-17-6-3-14(4-7-17)9-10-22-13-15(12-21)20(25)23-18-8-5-16(24(26)27)11-19(18)29-2/h3-8,11,13,22H,9-10H2,1-2H3,(H,23,25)/b15-13-. The molecule has 0 saturated heterocycles. The number of nitro groups is 1. The number of nitrogens with one attached hydrogen (secondary N) is 2. The minimum absolute atomic E-state index is 0.123. The molecule has 2 rings (SSSR count). The summed E-state index contributed by atoms with van der Waals surface area (Å²) in [5, 5.41) is 25.5. The average Bonchev–Trinajstić information content (AvgIpc) is 2.74. The van der Waals surface area contributed by atoms with Crippen LogP contribution in [0.3, 0.4) is 0 Å². The highest BCUT2D eigenvalue weighted by Gasteiger charge is 2.15. The lowest BCUT2D eigenvalue weighted by Crippen LogP contribution is -2.18. The van der Waals surface area contributed by atoms with Crippen LogP contribution < -0.4 is 20.1 Å². The lowest BCUT2D eigenvalue weighted by atomic mass is 10.1. The number of carbonyl (C=O) groups is 1. The van der Waals surface area contributed by atoms with Gasteiger partial charge in [0.25, 0.3) is 11.6 Å². The molecule has 9 heteroatoms. The number of hydrogen-bond donors (Lipinski definition) is 2. The number of amides is 1. The molecule has 0 unspecified atom stereocenters. The zero-order valence-electron chi connectivity index (χ0n) is 16.0. The fourth-order valence-corrected chi connectivity index (χ4v) is 2.42. The normalized spacial score (nSPS) is 10.6. The van der Waals surface area contributed by atoms with Gasteiger partial charge in [-0.1, -0.05) is 12.1 Å². The Kier molecular flexibility index (Phi) is 7.56. The monoisotopic (exact) mass is 396 g/mol. The predicted octanol–water partition coefficient (Wildman–Crippen LogP) is 2.79. The summed E-state index contributed by atoms with van der Waals surface area (Å²) in [4.78, 5) is 22.6. The van der Waals surface area contributed by atoms with Gasteiger partial charge in [-0.15, -0.1) is 0 Å². The van der Waals surface area contributed by atoms with Gasteiger partial charge in [0.1, 0.15) is 23.1 Å². The van der Waals surface area contributed by atoms with E-state index >= 15 is 0 Å². The molecule has 0 spiro atoms. The van der Waals surface area contributed by atoms with Gasteiger partial charge < -0.3 is 20.1 Å². The zero-order valence-corrected chi connectivity index (χ0v) is 16.0. The quantitative estimate of drug-likeness (QED) is 0.219. The number of benzene rings is 2. The van der Waals surface area contributed by atoms with Crippen molar-refractivity contribution in [3.63, 3.8) is 0 Å². The molecule has 0 aliphatic carbocycles. The number of nitro benzene ring substituents is 1. The number of nitriles is 1. The van der Waals surface area contributed by atoms with E-state index in [-0.39, 0.29) is 22.7 Å². The maximum Gasteiger partial charge on any atom is 0.273 e. The Balaban J connectivity index is 1.97. The first-order valence-corrected chi connectivity index (χ1v) is 8.59. The molecule has 0 heterocycles. The third kappa shape index (κ3) is 5.97. The number of ether oxygens (including phenoxy) is 2. The largest absolute Gasteiger partial charge is 0.497 e. The van der Waals surface area contributed by atoms with Gasteiger partial charge in [-0.05, 0) is 30.2 Å². The van der Waals surface area contributed by atoms with Crippen LogP contribution in [0.15, 0.2) is 54.2 Å². The summed E-state index contributed by atoms with van der Waals surface area (Å²) in [5.41, 5.74) is 0.990. The van der Waals surface area contributed by atoms with Crippen LogP contribution in [0.4, 0.5) is 11.4 Å². The predicted molar refractivity (Wildman–Crippen MR) is 107 cm³/mol. The van der Waals surface area contributed by atoms with Crippen molar-refractivity contribution in [2.45, 2.75) is 6.42 Å². The van der Waals surface area contributed by atoms with Gasteiger partial charge in [-0.2, -0.15) is 5.26 Å². The molecule has 2 N–H and O–H groups in total. The van der Waals surface area contributed by atoms with E-state index in [1.54, 1.807) is 7.11 Å². The molecule has 0 atom stereocenters. The summed E-state index contributed by atoms with van der Waals surface area (Å²) in [5.74, 6) is 0.237. The highest BCUT2D eigenvalue weighted by atomic mass is 16.6. The molecule has 0 radical (unpaired) electrons. The van der Waals surface area contributed by atoms with Crippen molar-refractivity contribution in [3.8, 4) is 17.6 Å². The van der Waals surface area contributed by atoms with Crippen LogP contribution >= 0.6 is 0 Å². The topological polar surface area (TPSA) is 127 Å². The van der Waals surface area contributed by atoms with Crippen molar-refractivity contribution in [1.29, 1.82) is 5.26 Å². The molecular formula is C20H20N4O5. The van der Waals surface area contributed by atoms with E-state index in [4.69, 9.17) is 9.47 Å². The smallest absolute Gasteiger partial charge is 0.273 e. The van der Waals surface area contributed by atoms with Crippen molar-refractivity contribution in [3.05, 3.63) is 69.9 Å². The Morgan fingerprint density at radius 2 is 1.93 bits per heavy atom. The molecule has 0 aromatic heterocycles. The Hall–Kier alpha value is -4.06. The summed E-state index contributed by atoms with van der Waals surface area (Å²) >= 11 is 0. The second kappa shape index (κ2) is 10.3. The number of rotatable bonds is 9.